The zero-order valence-electron chi connectivity index (χ0n) is 34.2. The lowest BCUT2D eigenvalue weighted by Gasteiger charge is -2.35. The van der Waals surface area contributed by atoms with Gasteiger partial charge in [0.25, 0.3) is 0 Å². The SMILES string of the molecule is CCCN1/C(=C/C=C/C=C/CC(Cc2ccccc2)(Cc2ccccc2)/C(C)=c2\cccc\c2=C\C=[NH+]C)C(C)(Cc2ccccc2)c2c1ccc1ccccc21. The van der Waals surface area contributed by atoms with E-state index < -0.39 is 0 Å². The van der Waals surface area contributed by atoms with E-state index in [2.05, 4.69) is 219 Å². The highest BCUT2D eigenvalue weighted by Crippen LogP contribution is 2.52. The number of allylic oxidation sites excluding steroid dienone is 6. The van der Waals surface area contributed by atoms with Crippen molar-refractivity contribution in [1.29, 1.82) is 0 Å². The van der Waals surface area contributed by atoms with Crippen molar-refractivity contribution >= 4 is 34.3 Å². The van der Waals surface area contributed by atoms with Crippen molar-refractivity contribution in [2.75, 3.05) is 18.5 Å². The molecule has 1 unspecified atom stereocenters. The third-order valence-electron chi connectivity index (χ3n) is 11.9. The Morgan fingerprint density at radius 3 is 1.95 bits per heavy atom. The van der Waals surface area contributed by atoms with Gasteiger partial charge in [-0.25, -0.2) is 0 Å². The van der Waals surface area contributed by atoms with Crippen molar-refractivity contribution in [3.63, 3.8) is 0 Å². The number of nitrogens with one attached hydrogen (secondary N) is 1. The van der Waals surface area contributed by atoms with Crippen LogP contribution in [0, 0.1) is 5.41 Å². The van der Waals surface area contributed by atoms with Gasteiger partial charge >= 0.3 is 0 Å². The summed E-state index contributed by atoms with van der Waals surface area (Å²) in [6.45, 7) is 8.09. The first-order valence-corrected chi connectivity index (χ1v) is 20.7. The third-order valence-corrected chi connectivity index (χ3v) is 11.9. The van der Waals surface area contributed by atoms with Crippen molar-refractivity contribution in [3.8, 4) is 0 Å². The molecule has 6 aromatic rings. The molecule has 1 heterocycles. The summed E-state index contributed by atoms with van der Waals surface area (Å²) in [5, 5.41) is 5.18. The van der Waals surface area contributed by atoms with Crippen LogP contribution in [-0.4, -0.2) is 19.8 Å². The molecule has 286 valence electrons. The average Bonchev–Trinajstić information content (AvgIpc) is 3.48. The van der Waals surface area contributed by atoms with Crippen LogP contribution in [-0.2, 0) is 24.7 Å². The standard InChI is InChI=1S/C55H56N2/c1-5-39-57-51-35-34-47-29-19-21-32-50(47)53(51)54(3,40-44-23-11-8-12-24-44)52(57)33-17-6-7-22-37-55(41-45-25-13-9-14-26-45,42-46-27-15-10-16-28-46)43(2)49-31-20-18-30-48(49)36-38-56-4/h6-36,38H,5,37,39-42H2,1-4H3/p+1/b17-6+,22-7+,48-36-,49-43+,52-33+,56-38?. The minimum absolute atomic E-state index is 0.157. The zero-order chi connectivity index (χ0) is 39.5. The molecule has 0 aliphatic carbocycles. The summed E-state index contributed by atoms with van der Waals surface area (Å²) in [6.07, 6.45) is 20.6. The van der Waals surface area contributed by atoms with Crippen molar-refractivity contribution in [2.24, 2.45) is 5.41 Å². The van der Waals surface area contributed by atoms with Crippen molar-refractivity contribution in [1.82, 2.24) is 0 Å². The molecular formula is C55H57N2+. The van der Waals surface area contributed by atoms with E-state index in [0.717, 1.165) is 38.6 Å². The number of fused-ring (bicyclic) bond motifs is 3. The summed E-state index contributed by atoms with van der Waals surface area (Å²) in [5.74, 6) is 0. The number of rotatable bonds is 14. The molecule has 0 saturated carbocycles. The Bertz CT molecular complexity index is 2470. The van der Waals surface area contributed by atoms with Gasteiger partial charge in [-0.15, -0.1) is 0 Å². The Kier molecular flexibility index (Phi) is 12.6. The van der Waals surface area contributed by atoms with Crippen LogP contribution in [0.15, 0.2) is 188 Å². The van der Waals surface area contributed by atoms with E-state index in [4.69, 9.17) is 0 Å². The van der Waals surface area contributed by atoms with Crippen LogP contribution < -0.4 is 20.3 Å². The number of anilines is 1. The molecule has 57 heavy (non-hydrogen) atoms. The largest absolute Gasteiger partial charge is 0.344 e. The van der Waals surface area contributed by atoms with Crippen LogP contribution in [0.3, 0.4) is 0 Å². The van der Waals surface area contributed by atoms with E-state index in [1.54, 1.807) is 0 Å². The molecule has 1 atom stereocenters. The Morgan fingerprint density at radius 2 is 1.28 bits per heavy atom. The zero-order valence-corrected chi connectivity index (χ0v) is 34.2. The predicted octanol–water partition coefficient (Wildman–Crippen LogP) is 9.86. The molecule has 2 nitrogen and oxygen atoms in total. The Labute approximate surface area is 340 Å². The van der Waals surface area contributed by atoms with Gasteiger partial charge in [-0.2, -0.15) is 0 Å². The fourth-order valence-electron chi connectivity index (χ4n) is 9.17. The summed E-state index contributed by atoms with van der Waals surface area (Å²) in [5.41, 5.74) is 9.26. The van der Waals surface area contributed by atoms with Crippen LogP contribution in [0.2, 0.25) is 0 Å². The highest BCUT2D eigenvalue weighted by Gasteiger charge is 2.44. The fourth-order valence-corrected chi connectivity index (χ4v) is 9.17. The molecule has 0 fully saturated rings. The lowest BCUT2D eigenvalue weighted by Crippen LogP contribution is -2.62. The van der Waals surface area contributed by atoms with Gasteiger partial charge in [-0.1, -0.05) is 182 Å². The summed E-state index contributed by atoms with van der Waals surface area (Å²) in [6, 6.07) is 55.5. The smallest absolute Gasteiger partial charge is 0.162 e. The maximum Gasteiger partial charge on any atom is 0.162 e. The van der Waals surface area contributed by atoms with Gasteiger partial charge < -0.3 is 4.90 Å². The number of hydrogen-bond donors (Lipinski definition) is 1. The second kappa shape index (κ2) is 18.3. The lowest BCUT2D eigenvalue weighted by atomic mass is 9.68. The Hall–Kier alpha value is -5.99. The topological polar surface area (TPSA) is 17.2 Å². The van der Waals surface area contributed by atoms with Gasteiger partial charge in [-0.05, 0) is 102 Å². The first kappa shape index (κ1) is 39.3. The molecule has 2 heteroatoms. The van der Waals surface area contributed by atoms with Crippen LogP contribution in [0.4, 0.5) is 5.69 Å². The van der Waals surface area contributed by atoms with Gasteiger partial charge in [0.2, 0.25) is 0 Å². The second-order valence-electron chi connectivity index (χ2n) is 15.8. The monoisotopic (exact) mass is 745 g/mol. The average molecular weight is 746 g/mol. The summed E-state index contributed by atoms with van der Waals surface area (Å²) < 4.78 is 0. The molecule has 7 rings (SSSR count). The van der Waals surface area contributed by atoms with Crippen LogP contribution >= 0.6 is 0 Å². The lowest BCUT2D eigenvalue weighted by molar-refractivity contribution is -0.412. The highest BCUT2D eigenvalue weighted by atomic mass is 15.2. The van der Waals surface area contributed by atoms with E-state index >= 15 is 0 Å². The Balaban J connectivity index is 1.30. The third kappa shape index (κ3) is 8.71. The van der Waals surface area contributed by atoms with E-state index in [-0.39, 0.29) is 10.8 Å². The molecule has 0 spiro atoms. The van der Waals surface area contributed by atoms with Gasteiger partial charge in [0.1, 0.15) is 7.05 Å². The van der Waals surface area contributed by atoms with Crippen LogP contribution in [0.25, 0.3) is 22.4 Å². The van der Waals surface area contributed by atoms with E-state index in [0.29, 0.717) is 0 Å². The molecule has 0 bridgehead atoms. The second-order valence-corrected chi connectivity index (χ2v) is 15.8. The summed E-state index contributed by atoms with van der Waals surface area (Å²) in [4.78, 5) is 5.78. The number of nitrogens with zero attached hydrogens (tertiary/aromatic N) is 1. The van der Waals surface area contributed by atoms with Gasteiger partial charge in [0, 0.05) is 34.8 Å². The van der Waals surface area contributed by atoms with Gasteiger partial charge in [-0.3, -0.25) is 4.99 Å². The predicted molar refractivity (Wildman–Crippen MR) is 245 cm³/mol. The molecular weight excluding hydrogens is 689 g/mol. The molecule has 0 saturated heterocycles. The molecule has 1 aliphatic heterocycles. The van der Waals surface area contributed by atoms with Gasteiger partial charge in [0.05, 0.1) is 0 Å². The normalized spacial score (nSPS) is 17.4. The highest BCUT2D eigenvalue weighted by molar-refractivity contribution is 5.95. The molecule has 0 amide bonds. The van der Waals surface area contributed by atoms with Crippen LogP contribution in [0.1, 0.15) is 55.9 Å². The number of hydrogen-bond acceptors (Lipinski definition) is 1. The maximum absolute atomic E-state index is 3.20. The minimum Gasteiger partial charge on any atom is -0.344 e. The quantitative estimate of drug-likeness (QED) is 0.0869. The van der Waals surface area contributed by atoms with E-state index in [9.17, 15) is 0 Å². The first-order chi connectivity index (χ1) is 28.0. The summed E-state index contributed by atoms with van der Waals surface area (Å²) in [7, 11) is 1.96. The van der Waals surface area contributed by atoms with E-state index in [1.165, 1.54) is 60.4 Å². The Morgan fingerprint density at radius 1 is 0.667 bits per heavy atom. The molecule has 0 aromatic heterocycles. The van der Waals surface area contributed by atoms with Crippen molar-refractivity contribution in [2.45, 2.75) is 58.3 Å². The molecule has 6 aromatic carbocycles. The van der Waals surface area contributed by atoms with E-state index in [1.807, 2.05) is 13.3 Å². The maximum atomic E-state index is 3.20. The van der Waals surface area contributed by atoms with Crippen molar-refractivity contribution in [3.05, 3.63) is 220 Å². The number of benzene rings is 6. The molecule has 1 aliphatic rings. The van der Waals surface area contributed by atoms with Crippen LogP contribution in [0.5, 0.6) is 0 Å². The van der Waals surface area contributed by atoms with Crippen molar-refractivity contribution < 1.29 is 4.99 Å². The first-order valence-electron chi connectivity index (χ1n) is 20.7. The molecule has 0 radical (unpaired) electrons. The van der Waals surface area contributed by atoms with Gasteiger partial charge in [0.15, 0.2) is 6.21 Å². The molecule has 1 N–H and O–H groups in total. The minimum atomic E-state index is -0.192. The fraction of sp³-hybridized carbons (Fsp3) is 0.218. The summed E-state index contributed by atoms with van der Waals surface area (Å²) >= 11 is 0.